The van der Waals surface area contributed by atoms with E-state index < -0.39 is 5.97 Å². The third-order valence-electron chi connectivity index (χ3n) is 3.33. The van der Waals surface area contributed by atoms with Gasteiger partial charge in [-0.1, -0.05) is 18.2 Å². The number of benzene rings is 1. The zero-order valence-corrected chi connectivity index (χ0v) is 12.3. The normalized spacial score (nSPS) is 10.6. The number of oxazole rings is 1. The van der Waals surface area contributed by atoms with Crippen LogP contribution in [0.3, 0.4) is 0 Å². The molecule has 0 saturated heterocycles. The van der Waals surface area contributed by atoms with Crippen LogP contribution in [0.5, 0.6) is 0 Å². The van der Waals surface area contributed by atoms with Gasteiger partial charge in [-0.2, -0.15) is 0 Å². The Morgan fingerprint density at radius 2 is 1.91 bits per heavy atom. The first kappa shape index (κ1) is 14.1. The maximum absolute atomic E-state index is 11.9. The highest BCUT2D eigenvalue weighted by molar-refractivity contribution is 5.90. The van der Waals surface area contributed by atoms with Crippen molar-refractivity contribution in [3.05, 3.63) is 65.4 Å². The van der Waals surface area contributed by atoms with E-state index in [-0.39, 0.29) is 6.61 Å². The Bertz CT molecular complexity index is 786. The van der Waals surface area contributed by atoms with Crippen LogP contribution in [0.2, 0.25) is 0 Å². The molecule has 5 nitrogen and oxygen atoms in total. The quantitative estimate of drug-likeness (QED) is 0.683. The van der Waals surface area contributed by atoms with Crippen molar-refractivity contribution >= 4 is 5.97 Å². The molecule has 0 radical (unpaired) electrons. The third kappa shape index (κ3) is 2.79. The lowest BCUT2D eigenvalue weighted by atomic mass is 10.2. The van der Waals surface area contributed by atoms with Gasteiger partial charge in [0.15, 0.2) is 0 Å². The molecule has 3 rings (SSSR count). The van der Waals surface area contributed by atoms with Gasteiger partial charge in [-0.25, -0.2) is 9.78 Å². The molecule has 5 heteroatoms. The molecule has 2 aromatic heterocycles. The number of rotatable bonds is 4. The number of esters is 1. The summed E-state index contributed by atoms with van der Waals surface area (Å²) in [6.45, 7) is 3.57. The van der Waals surface area contributed by atoms with Crippen molar-refractivity contribution in [1.29, 1.82) is 0 Å². The number of nitrogens with zero attached hydrogens (tertiary/aromatic N) is 1. The molecule has 112 valence electrons. The first-order chi connectivity index (χ1) is 10.6. The highest BCUT2D eigenvalue weighted by Crippen LogP contribution is 2.22. The standard InChI is InChI=1S/C17H15NO4/c1-11-14(8-9-20-11)17(19)21-10-15-12(2)22-16(18-15)13-6-4-3-5-7-13/h3-9H,10H2,1-2H3. The summed E-state index contributed by atoms with van der Waals surface area (Å²) in [4.78, 5) is 16.3. The zero-order valence-electron chi connectivity index (χ0n) is 12.3. The van der Waals surface area contributed by atoms with E-state index in [1.807, 2.05) is 30.3 Å². The molecule has 0 saturated carbocycles. The molecule has 1 aromatic carbocycles. The van der Waals surface area contributed by atoms with Crippen LogP contribution in [0.25, 0.3) is 11.5 Å². The Balaban J connectivity index is 1.73. The van der Waals surface area contributed by atoms with Crippen molar-refractivity contribution in [2.75, 3.05) is 0 Å². The number of aromatic nitrogens is 1. The van der Waals surface area contributed by atoms with E-state index >= 15 is 0 Å². The molecule has 0 amide bonds. The van der Waals surface area contributed by atoms with Crippen LogP contribution in [-0.2, 0) is 11.3 Å². The van der Waals surface area contributed by atoms with Gasteiger partial charge in [-0.3, -0.25) is 0 Å². The maximum Gasteiger partial charge on any atom is 0.342 e. The first-order valence-electron chi connectivity index (χ1n) is 6.88. The van der Waals surface area contributed by atoms with Crippen LogP contribution in [0.4, 0.5) is 0 Å². The minimum Gasteiger partial charge on any atom is -0.469 e. The summed E-state index contributed by atoms with van der Waals surface area (Å²) in [5.41, 5.74) is 1.91. The minimum atomic E-state index is -0.435. The fourth-order valence-corrected chi connectivity index (χ4v) is 2.07. The fourth-order valence-electron chi connectivity index (χ4n) is 2.07. The van der Waals surface area contributed by atoms with Gasteiger partial charge in [-0.05, 0) is 32.0 Å². The van der Waals surface area contributed by atoms with Gasteiger partial charge < -0.3 is 13.6 Å². The largest absolute Gasteiger partial charge is 0.469 e. The average molecular weight is 297 g/mol. The minimum absolute atomic E-state index is 0.0611. The molecule has 0 unspecified atom stereocenters. The van der Waals surface area contributed by atoms with Crippen molar-refractivity contribution in [3.8, 4) is 11.5 Å². The maximum atomic E-state index is 11.9. The lowest BCUT2D eigenvalue weighted by molar-refractivity contribution is 0.0465. The second-order valence-electron chi connectivity index (χ2n) is 4.85. The second kappa shape index (κ2) is 5.89. The smallest absolute Gasteiger partial charge is 0.342 e. The first-order valence-corrected chi connectivity index (χ1v) is 6.88. The Hall–Kier alpha value is -2.82. The predicted molar refractivity (Wildman–Crippen MR) is 79.2 cm³/mol. The van der Waals surface area contributed by atoms with Gasteiger partial charge in [0.25, 0.3) is 0 Å². The molecule has 0 spiro atoms. The molecule has 0 aliphatic rings. The lowest BCUT2D eigenvalue weighted by Gasteiger charge is -2.01. The van der Waals surface area contributed by atoms with Gasteiger partial charge in [0.05, 0.1) is 6.26 Å². The molecule has 0 aliphatic carbocycles. The van der Waals surface area contributed by atoms with Gasteiger partial charge in [0, 0.05) is 5.56 Å². The van der Waals surface area contributed by atoms with Crippen LogP contribution in [0, 0.1) is 13.8 Å². The number of hydrogen-bond donors (Lipinski definition) is 0. The van der Waals surface area contributed by atoms with Crippen LogP contribution in [0.1, 0.15) is 27.6 Å². The third-order valence-corrected chi connectivity index (χ3v) is 3.33. The average Bonchev–Trinajstić information content (AvgIpc) is 3.12. The molecule has 0 N–H and O–H groups in total. The molecular formula is C17H15NO4. The summed E-state index contributed by atoms with van der Waals surface area (Å²) < 4.78 is 16.0. The van der Waals surface area contributed by atoms with Gasteiger partial charge in [0.2, 0.25) is 5.89 Å². The number of furan rings is 1. The van der Waals surface area contributed by atoms with Crippen LogP contribution < -0.4 is 0 Å². The highest BCUT2D eigenvalue weighted by atomic mass is 16.5. The predicted octanol–water partition coefficient (Wildman–Crippen LogP) is 3.91. The summed E-state index contributed by atoms with van der Waals surface area (Å²) in [6, 6.07) is 11.2. The molecule has 3 aromatic rings. The Morgan fingerprint density at radius 1 is 1.14 bits per heavy atom. The van der Waals surface area contributed by atoms with Crippen molar-refractivity contribution < 1.29 is 18.4 Å². The van der Waals surface area contributed by atoms with Crippen LogP contribution in [0.15, 0.2) is 51.5 Å². The van der Waals surface area contributed by atoms with E-state index in [9.17, 15) is 4.79 Å². The van der Waals surface area contributed by atoms with Crippen molar-refractivity contribution in [2.45, 2.75) is 20.5 Å². The summed E-state index contributed by atoms with van der Waals surface area (Å²) in [5.74, 6) is 1.25. The topological polar surface area (TPSA) is 65.5 Å². The summed E-state index contributed by atoms with van der Waals surface area (Å²) in [7, 11) is 0. The van der Waals surface area contributed by atoms with Crippen molar-refractivity contribution in [1.82, 2.24) is 4.98 Å². The fraction of sp³-hybridized carbons (Fsp3) is 0.176. The SMILES string of the molecule is Cc1occc1C(=O)OCc1nc(-c2ccccc2)oc1C. The molecule has 22 heavy (non-hydrogen) atoms. The van der Waals surface area contributed by atoms with Crippen LogP contribution in [-0.4, -0.2) is 11.0 Å². The monoisotopic (exact) mass is 297 g/mol. The molecule has 0 bridgehead atoms. The van der Waals surface area contributed by atoms with Gasteiger partial charge >= 0.3 is 5.97 Å². The molecular weight excluding hydrogens is 282 g/mol. The number of carbonyl (C=O) groups excluding carboxylic acids is 1. The molecule has 0 atom stereocenters. The number of hydrogen-bond acceptors (Lipinski definition) is 5. The lowest BCUT2D eigenvalue weighted by Crippen LogP contribution is -2.06. The summed E-state index contributed by atoms with van der Waals surface area (Å²) in [5, 5.41) is 0. The molecule has 0 fully saturated rings. The van der Waals surface area contributed by atoms with E-state index in [0.29, 0.717) is 28.7 Å². The molecule has 2 heterocycles. The summed E-state index contributed by atoms with van der Waals surface area (Å²) in [6.07, 6.45) is 1.46. The second-order valence-corrected chi connectivity index (χ2v) is 4.85. The van der Waals surface area contributed by atoms with E-state index in [0.717, 1.165) is 5.56 Å². The highest BCUT2D eigenvalue weighted by Gasteiger charge is 2.16. The van der Waals surface area contributed by atoms with Gasteiger partial charge in [0.1, 0.15) is 29.4 Å². The Kier molecular flexibility index (Phi) is 3.78. The Labute approximate surface area is 127 Å². The van der Waals surface area contributed by atoms with E-state index in [1.54, 1.807) is 19.9 Å². The van der Waals surface area contributed by atoms with Gasteiger partial charge in [-0.15, -0.1) is 0 Å². The van der Waals surface area contributed by atoms with Crippen molar-refractivity contribution in [2.24, 2.45) is 0 Å². The Morgan fingerprint density at radius 3 is 2.59 bits per heavy atom. The number of aryl methyl sites for hydroxylation is 2. The summed E-state index contributed by atoms with van der Waals surface area (Å²) >= 11 is 0. The van der Waals surface area contributed by atoms with E-state index in [4.69, 9.17) is 13.6 Å². The number of ether oxygens (including phenoxy) is 1. The molecule has 0 aliphatic heterocycles. The number of carbonyl (C=O) groups is 1. The van der Waals surface area contributed by atoms with E-state index in [1.165, 1.54) is 6.26 Å². The van der Waals surface area contributed by atoms with Crippen LogP contribution >= 0.6 is 0 Å². The van der Waals surface area contributed by atoms with Crippen molar-refractivity contribution in [3.63, 3.8) is 0 Å². The zero-order chi connectivity index (χ0) is 15.5. The van der Waals surface area contributed by atoms with E-state index in [2.05, 4.69) is 4.98 Å².